The quantitative estimate of drug-likeness (QED) is 0.519. The van der Waals surface area contributed by atoms with E-state index in [1.54, 1.807) is 0 Å². The minimum absolute atomic E-state index is 0.303. The van der Waals surface area contributed by atoms with Crippen molar-refractivity contribution in [3.05, 3.63) is 0 Å². The highest BCUT2D eigenvalue weighted by molar-refractivity contribution is 7.80. The molecule has 0 aliphatic heterocycles. The number of aliphatic hydroxyl groups excluding tert-OH is 1. The van der Waals surface area contributed by atoms with Crippen LogP contribution in [0.25, 0.3) is 0 Å². The maximum atomic E-state index is 9.07. The standard InChI is InChI=1S/C12H25NOS/c14-10-9-13(8-4-5-11-15)12-6-2-1-3-7-12/h12,14-15H,1-11H2. The summed E-state index contributed by atoms with van der Waals surface area (Å²) in [6.07, 6.45) is 9.23. The molecular weight excluding hydrogens is 206 g/mol. The van der Waals surface area contributed by atoms with E-state index in [1.807, 2.05) is 0 Å². The largest absolute Gasteiger partial charge is 0.395 e. The van der Waals surface area contributed by atoms with Gasteiger partial charge in [0.05, 0.1) is 6.61 Å². The Morgan fingerprint density at radius 3 is 2.40 bits per heavy atom. The van der Waals surface area contributed by atoms with E-state index >= 15 is 0 Å². The van der Waals surface area contributed by atoms with Gasteiger partial charge in [-0.25, -0.2) is 0 Å². The number of thiol groups is 1. The molecule has 0 radical (unpaired) electrons. The summed E-state index contributed by atoms with van der Waals surface area (Å²) in [5.74, 6) is 0.984. The number of nitrogens with zero attached hydrogens (tertiary/aromatic N) is 1. The topological polar surface area (TPSA) is 23.5 Å². The van der Waals surface area contributed by atoms with Gasteiger partial charge in [0, 0.05) is 12.6 Å². The maximum absolute atomic E-state index is 9.07. The van der Waals surface area contributed by atoms with Crippen LogP contribution in [0.15, 0.2) is 0 Å². The molecule has 0 aromatic heterocycles. The summed E-state index contributed by atoms with van der Waals surface area (Å²) in [6.45, 7) is 2.31. The lowest BCUT2D eigenvalue weighted by molar-refractivity contribution is 0.122. The Kier molecular flexibility index (Phi) is 7.49. The van der Waals surface area contributed by atoms with Crippen molar-refractivity contribution < 1.29 is 5.11 Å². The molecule has 3 heteroatoms. The van der Waals surface area contributed by atoms with E-state index < -0.39 is 0 Å². The lowest BCUT2D eigenvalue weighted by Crippen LogP contribution is -2.39. The van der Waals surface area contributed by atoms with E-state index in [1.165, 1.54) is 44.9 Å². The zero-order chi connectivity index (χ0) is 10.9. The molecule has 1 rings (SSSR count). The molecule has 1 N–H and O–H groups in total. The molecule has 0 unspecified atom stereocenters. The molecule has 2 nitrogen and oxygen atoms in total. The fraction of sp³-hybridized carbons (Fsp3) is 1.00. The average Bonchev–Trinajstić information content (AvgIpc) is 2.29. The molecule has 1 aliphatic carbocycles. The van der Waals surface area contributed by atoms with Gasteiger partial charge in [0.25, 0.3) is 0 Å². The van der Waals surface area contributed by atoms with Crippen molar-refractivity contribution in [1.29, 1.82) is 0 Å². The molecule has 0 amide bonds. The molecule has 1 fully saturated rings. The van der Waals surface area contributed by atoms with E-state index in [0.717, 1.165) is 24.9 Å². The Balaban J connectivity index is 2.26. The smallest absolute Gasteiger partial charge is 0.0558 e. The van der Waals surface area contributed by atoms with Crippen molar-refractivity contribution in [2.75, 3.05) is 25.4 Å². The zero-order valence-electron chi connectivity index (χ0n) is 9.70. The summed E-state index contributed by atoms with van der Waals surface area (Å²) in [6, 6.07) is 0.741. The number of hydrogen-bond acceptors (Lipinski definition) is 3. The molecule has 0 aromatic rings. The first-order chi connectivity index (χ1) is 7.38. The molecule has 1 aliphatic rings. The highest BCUT2D eigenvalue weighted by atomic mass is 32.1. The van der Waals surface area contributed by atoms with Crippen LogP contribution in [0.2, 0.25) is 0 Å². The Morgan fingerprint density at radius 2 is 1.80 bits per heavy atom. The van der Waals surface area contributed by atoms with Crippen molar-refractivity contribution in [2.45, 2.75) is 51.0 Å². The normalized spacial score (nSPS) is 18.6. The Bertz CT molecular complexity index is 149. The van der Waals surface area contributed by atoms with Gasteiger partial charge in [0.1, 0.15) is 0 Å². The second kappa shape index (κ2) is 8.43. The average molecular weight is 231 g/mol. The van der Waals surface area contributed by atoms with E-state index in [2.05, 4.69) is 17.5 Å². The van der Waals surface area contributed by atoms with Crippen LogP contribution in [0.5, 0.6) is 0 Å². The van der Waals surface area contributed by atoms with Crippen LogP contribution < -0.4 is 0 Å². The maximum Gasteiger partial charge on any atom is 0.0558 e. The lowest BCUT2D eigenvalue weighted by atomic mass is 9.94. The van der Waals surface area contributed by atoms with Gasteiger partial charge >= 0.3 is 0 Å². The summed E-state index contributed by atoms with van der Waals surface area (Å²) < 4.78 is 0. The van der Waals surface area contributed by atoms with Gasteiger partial charge in [-0.1, -0.05) is 19.3 Å². The van der Waals surface area contributed by atoms with Crippen molar-refractivity contribution in [1.82, 2.24) is 4.90 Å². The summed E-state index contributed by atoms with van der Waals surface area (Å²) in [5.41, 5.74) is 0. The summed E-state index contributed by atoms with van der Waals surface area (Å²) >= 11 is 4.23. The number of aliphatic hydroxyl groups is 1. The minimum Gasteiger partial charge on any atom is -0.395 e. The third-order valence-corrected chi connectivity index (χ3v) is 3.65. The summed E-state index contributed by atoms with van der Waals surface area (Å²) in [5, 5.41) is 9.07. The van der Waals surface area contributed by atoms with Gasteiger partial charge in [-0.15, -0.1) is 0 Å². The fourth-order valence-corrected chi connectivity index (χ4v) is 2.70. The van der Waals surface area contributed by atoms with Crippen molar-refractivity contribution in [2.24, 2.45) is 0 Å². The summed E-state index contributed by atoms with van der Waals surface area (Å²) in [4.78, 5) is 2.49. The first-order valence-electron chi connectivity index (χ1n) is 6.34. The first-order valence-corrected chi connectivity index (χ1v) is 6.97. The van der Waals surface area contributed by atoms with Gasteiger partial charge in [0.15, 0.2) is 0 Å². The molecule has 0 atom stereocenters. The Labute approximate surface area is 99.5 Å². The van der Waals surface area contributed by atoms with Crippen LogP contribution in [0.3, 0.4) is 0 Å². The van der Waals surface area contributed by atoms with Gasteiger partial charge in [-0.05, 0) is 38.0 Å². The molecule has 15 heavy (non-hydrogen) atoms. The van der Waals surface area contributed by atoms with Gasteiger partial charge < -0.3 is 5.11 Å². The number of hydrogen-bond donors (Lipinski definition) is 2. The molecular formula is C12H25NOS. The Hall–Kier alpha value is 0.270. The second-order valence-corrected chi connectivity index (χ2v) is 4.93. The predicted molar refractivity (Wildman–Crippen MR) is 68.6 cm³/mol. The minimum atomic E-state index is 0.303. The second-order valence-electron chi connectivity index (χ2n) is 4.48. The van der Waals surface area contributed by atoms with Gasteiger partial charge in [-0.2, -0.15) is 12.6 Å². The van der Waals surface area contributed by atoms with E-state index in [-0.39, 0.29) is 0 Å². The molecule has 90 valence electrons. The highest BCUT2D eigenvalue weighted by Gasteiger charge is 2.19. The third kappa shape index (κ3) is 5.23. The van der Waals surface area contributed by atoms with Crippen LogP contribution in [0, 0.1) is 0 Å². The van der Waals surface area contributed by atoms with E-state index in [9.17, 15) is 0 Å². The van der Waals surface area contributed by atoms with Crippen LogP contribution in [0.4, 0.5) is 0 Å². The SMILES string of the molecule is OCCN(CCCCS)C1CCCCC1. The third-order valence-electron chi connectivity index (χ3n) is 3.33. The van der Waals surface area contributed by atoms with Crippen LogP contribution in [-0.4, -0.2) is 41.5 Å². The predicted octanol–water partition coefficient (Wildman–Crippen LogP) is 2.32. The van der Waals surface area contributed by atoms with Crippen molar-refractivity contribution in [3.8, 4) is 0 Å². The zero-order valence-corrected chi connectivity index (χ0v) is 10.6. The molecule has 0 saturated heterocycles. The van der Waals surface area contributed by atoms with Crippen LogP contribution in [0.1, 0.15) is 44.9 Å². The van der Waals surface area contributed by atoms with E-state index in [0.29, 0.717) is 6.61 Å². The monoisotopic (exact) mass is 231 g/mol. The highest BCUT2D eigenvalue weighted by Crippen LogP contribution is 2.22. The van der Waals surface area contributed by atoms with Crippen LogP contribution >= 0.6 is 12.6 Å². The Morgan fingerprint density at radius 1 is 1.07 bits per heavy atom. The molecule has 0 spiro atoms. The van der Waals surface area contributed by atoms with Gasteiger partial charge in [0.2, 0.25) is 0 Å². The van der Waals surface area contributed by atoms with Crippen molar-refractivity contribution >= 4 is 12.6 Å². The summed E-state index contributed by atoms with van der Waals surface area (Å²) in [7, 11) is 0. The van der Waals surface area contributed by atoms with Gasteiger partial charge in [-0.3, -0.25) is 4.90 Å². The van der Waals surface area contributed by atoms with Crippen LogP contribution in [-0.2, 0) is 0 Å². The fourth-order valence-electron chi connectivity index (χ4n) is 2.48. The lowest BCUT2D eigenvalue weighted by Gasteiger charge is -2.33. The van der Waals surface area contributed by atoms with Crippen molar-refractivity contribution in [3.63, 3.8) is 0 Å². The molecule has 1 saturated carbocycles. The first kappa shape index (κ1) is 13.3. The molecule has 0 bridgehead atoms. The number of rotatable bonds is 7. The molecule has 0 heterocycles. The number of unbranched alkanes of at least 4 members (excludes halogenated alkanes) is 1. The molecule has 0 aromatic carbocycles. The van der Waals surface area contributed by atoms with E-state index in [4.69, 9.17) is 5.11 Å².